The summed E-state index contributed by atoms with van der Waals surface area (Å²) in [5, 5.41) is 18.2. The monoisotopic (exact) mass is 206 g/mol. The van der Waals surface area contributed by atoms with E-state index in [9.17, 15) is 9.90 Å². The van der Waals surface area contributed by atoms with Crippen LogP contribution in [0.15, 0.2) is 12.1 Å². The van der Waals surface area contributed by atoms with E-state index in [0.717, 1.165) is 0 Å². The Morgan fingerprint density at radius 3 is 2.80 bits per heavy atom. The van der Waals surface area contributed by atoms with Crippen molar-refractivity contribution in [2.45, 2.75) is 0 Å². The maximum absolute atomic E-state index is 11.3. The molecule has 0 amide bonds. The van der Waals surface area contributed by atoms with Crippen LogP contribution in [0.2, 0.25) is 0 Å². The first kappa shape index (κ1) is 11.0. The van der Waals surface area contributed by atoms with Crippen LogP contribution in [0, 0.1) is 11.3 Å². The predicted octanol–water partition coefficient (Wildman–Crippen LogP) is 0.414. The number of phenolic OH excluding ortho intramolecular Hbond substituents is 1. The highest BCUT2D eigenvalue weighted by Crippen LogP contribution is 2.27. The number of hydrogen-bond acceptors (Lipinski definition) is 5. The lowest BCUT2D eigenvalue weighted by atomic mass is 10.1. The largest absolute Gasteiger partial charge is 0.507 e. The summed E-state index contributed by atoms with van der Waals surface area (Å²) in [6, 6.07) is 4.35. The van der Waals surface area contributed by atoms with Crippen LogP contribution in [0.5, 0.6) is 11.5 Å². The lowest BCUT2D eigenvalue weighted by Gasteiger charge is -2.06. The van der Waals surface area contributed by atoms with Gasteiger partial charge in [0.25, 0.3) is 0 Å². The first-order chi connectivity index (χ1) is 7.13. The van der Waals surface area contributed by atoms with Crippen LogP contribution >= 0.6 is 0 Å². The fourth-order valence-electron chi connectivity index (χ4n) is 1.16. The Morgan fingerprint density at radius 1 is 1.67 bits per heavy atom. The maximum Gasteiger partial charge on any atom is 0.180 e. The minimum Gasteiger partial charge on any atom is -0.507 e. The second-order valence-electron chi connectivity index (χ2n) is 2.81. The van der Waals surface area contributed by atoms with Gasteiger partial charge in [-0.05, 0) is 6.07 Å². The smallest absolute Gasteiger partial charge is 0.180 e. The number of aromatic hydroxyl groups is 1. The summed E-state index contributed by atoms with van der Waals surface area (Å²) < 4.78 is 4.86. The van der Waals surface area contributed by atoms with Crippen LogP contribution in [0.25, 0.3) is 0 Å². The van der Waals surface area contributed by atoms with Gasteiger partial charge < -0.3 is 15.6 Å². The van der Waals surface area contributed by atoms with Crippen molar-refractivity contribution in [1.29, 1.82) is 5.26 Å². The predicted molar refractivity (Wildman–Crippen MR) is 52.8 cm³/mol. The summed E-state index contributed by atoms with van der Waals surface area (Å²) in [7, 11) is 1.38. The molecule has 5 heteroatoms. The van der Waals surface area contributed by atoms with E-state index in [1.54, 1.807) is 0 Å². The Morgan fingerprint density at radius 2 is 2.33 bits per heavy atom. The molecule has 0 unspecified atom stereocenters. The van der Waals surface area contributed by atoms with Crippen molar-refractivity contribution in [1.82, 2.24) is 0 Å². The summed E-state index contributed by atoms with van der Waals surface area (Å²) in [6.45, 7) is -0.218. The zero-order valence-electron chi connectivity index (χ0n) is 8.15. The van der Waals surface area contributed by atoms with E-state index in [4.69, 9.17) is 15.7 Å². The van der Waals surface area contributed by atoms with E-state index in [-0.39, 0.29) is 29.2 Å². The van der Waals surface area contributed by atoms with Crippen LogP contribution in [0.4, 0.5) is 0 Å². The SMILES string of the molecule is COc1cc(O)c(C(=O)CN)cc1C#N. The zero-order valence-corrected chi connectivity index (χ0v) is 8.15. The molecule has 0 heterocycles. The van der Waals surface area contributed by atoms with Crippen molar-refractivity contribution >= 4 is 5.78 Å². The van der Waals surface area contributed by atoms with E-state index in [1.807, 2.05) is 6.07 Å². The quantitative estimate of drug-likeness (QED) is 0.698. The van der Waals surface area contributed by atoms with E-state index in [0.29, 0.717) is 0 Å². The molecule has 15 heavy (non-hydrogen) atoms. The van der Waals surface area contributed by atoms with Crippen molar-refractivity contribution in [2.75, 3.05) is 13.7 Å². The van der Waals surface area contributed by atoms with Gasteiger partial charge in [0.1, 0.15) is 17.6 Å². The molecule has 3 N–H and O–H groups in total. The summed E-state index contributed by atoms with van der Waals surface area (Å²) in [6.07, 6.45) is 0. The molecule has 0 saturated carbocycles. The Bertz CT molecular complexity index is 435. The van der Waals surface area contributed by atoms with Crippen LogP contribution in [-0.4, -0.2) is 24.5 Å². The molecule has 0 bridgehead atoms. The Hall–Kier alpha value is -2.06. The molecule has 0 aliphatic rings. The summed E-state index contributed by atoms with van der Waals surface area (Å²) in [5.41, 5.74) is 5.38. The second-order valence-corrected chi connectivity index (χ2v) is 2.81. The zero-order chi connectivity index (χ0) is 11.4. The fraction of sp³-hybridized carbons (Fsp3) is 0.200. The minimum atomic E-state index is -0.424. The minimum absolute atomic E-state index is 0.0369. The number of carbonyl (C=O) groups is 1. The van der Waals surface area contributed by atoms with Crippen molar-refractivity contribution in [2.24, 2.45) is 5.73 Å². The van der Waals surface area contributed by atoms with Gasteiger partial charge in [0.05, 0.1) is 24.8 Å². The van der Waals surface area contributed by atoms with Gasteiger partial charge in [0, 0.05) is 6.07 Å². The average molecular weight is 206 g/mol. The molecule has 0 aromatic heterocycles. The van der Waals surface area contributed by atoms with Gasteiger partial charge in [-0.2, -0.15) is 5.26 Å². The second kappa shape index (κ2) is 4.44. The third-order valence-corrected chi connectivity index (χ3v) is 1.92. The highest BCUT2D eigenvalue weighted by atomic mass is 16.5. The number of hydrogen-bond donors (Lipinski definition) is 2. The van der Waals surface area contributed by atoms with Crippen LogP contribution in [0.1, 0.15) is 15.9 Å². The van der Waals surface area contributed by atoms with Crippen molar-refractivity contribution in [3.05, 3.63) is 23.3 Å². The highest BCUT2D eigenvalue weighted by molar-refractivity contribution is 6.00. The number of nitrogens with zero attached hydrogens (tertiary/aromatic N) is 1. The number of ketones is 1. The van der Waals surface area contributed by atoms with Crippen molar-refractivity contribution in [3.63, 3.8) is 0 Å². The van der Waals surface area contributed by atoms with Crippen LogP contribution in [0.3, 0.4) is 0 Å². The third kappa shape index (κ3) is 2.06. The molecule has 5 nitrogen and oxygen atoms in total. The molecular weight excluding hydrogens is 196 g/mol. The summed E-state index contributed by atoms with van der Waals surface area (Å²) in [5.74, 6) is -0.434. The van der Waals surface area contributed by atoms with Gasteiger partial charge in [-0.15, -0.1) is 0 Å². The van der Waals surface area contributed by atoms with Gasteiger partial charge in [0.15, 0.2) is 5.78 Å². The van der Waals surface area contributed by atoms with E-state index in [1.165, 1.54) is 19.2 Å². The molecule has 0 aliphatic heterocycles. The molecule has 1 rings (SSSR count). The average Bonchev–Trinajstić information content (AvgIpc) is 2.27. The summed E-state index contributed by atoms with van der Waals surface area (Å²) in [4.78, 5) is 11.3. The molecule has 0 saturated heterocycles. The molecule has 78 valence electrons. The van der Waals surface area contributed by atoms with Gasteiger partial charge in [-0.1, -0.05) is 0 Å². The number of Topliss-reactive ketones (excluding diaryl/α,β-unsaturated/α-hetero) is 1. The molecule has 0 aliphatic carbocycles. The Kier molecular flexibility index (Phi) is 3.26. The van der Waals surface area contributed by atoms with E-state index >= 15 is 0 Å². The van der Waals surface area contributed by atoms with E-state index < -0.39 is 5.78 Å². The standard InChI is InChI=1S/C10H10N2O3/c1-15-10-3-8(13)7(9(14)5-12)2-6(10)4-11/h2-3,13H,5,12H2,1H3. The summed E-state index contributed by atoms with van der Waals surface area (Å²) >= 11 is 0. The molecule has 0 atom stereocenters. The normalized spacial score (nSPS) is 9.40. The number of nitriles is 1. The van der Waals surface area contributed by atoms with Crippen molar-refractivity contribution in [3.8, 4) is 17.6 Å². The number of phenols is 1. The van der Waals surface area contributed by atoms with Gasteiger partial charge in [-0.3, -0.25) is 4.79 Å². The van der Waals surface area contributed by atoms with Gasteiger partial charge in [0.2, 0.25) is 0 Å². The lowest BCUT2D eigenvalue weighted by molar-refractivity contribution is 0.0999. The molecule has 0 spiro atoms. The first-order valence-electron chi connectivity index (χ1n) is 4.18. The number of benzene rings is 1. The Labute approximate surface area is 86.7 Å². The molecule has 1 aromatic rings. The van der Waals surface area contributed by atoms with Crippen LogP contribution in [-0.2, 0) is 0 Å². The number of carbonyl (C=O) groups excluding carboxylic acids is 1. The molecule has 0 radical (unpaired) electrons. The molecule has 0 fully saturated rings. The topological polar surface area (TPSA) is 96.3 Å². The number of ether oxygens (including phenoxy) is 1. The number of methoxy groups -OCH3 is 1. The molecule has 1 aromatic carbocycles. The van der Waals surface area contributed by atoms with Crippen molar-refractivity contribution < 1.29 is 14.6 Å². The highest BCUT2D eigenvalue weighted by Gasteiger charge is 2.14. The fourth-order valence-corrected chi connectivity index (χ4v) is 1.16. The maximum atomic E-state index is 11.3. The Balaban J connectivity index is 3.33. The first-order valence-corrected chi connectivity index (χ1v) is 4.18. The number of nitrogens with two attached hydrogens (primary N) is 1. The van der Waals surface area contributed by atoms with Crippen LogP contribution < -0.4 is 10.5 Å². The molecular formula is C10H10N2O3. The van der Waals surface area contributed by atoms with Gasteiger partial charge in [-0.25, -0.2) is 0 Å². The lowest BCUT2D eigenvalue weighted by Crippen LogP contribution is -2.14. The third-order valence-electron chi connectivity index (χ3n) is 1.92. The van der Waals surface area contributed by atoms with E-state index in [2.05, 4.69) is 0 Å². The van der Waals surface area contributed by atoms with Gasteiger partial charge >= 0.3 is 0 Å². The number of rotatable bonds is 3.